The summed E-state index contributed by atoms with van der Waals surface area (Å²) >= 11 is 0. The fraction of sp³-hybridized carbons (Fsp3) is 0.795. The molecular formula is C73H130O6. The number of esters is 3. The van der Waals surface area contributed by atoms with Crippen LogP contribution in [0.3, 0.4) is 0 Å². The molecule has 1 atom stereocenters. The molecule has 79 heavy (non-hydrogen) atoms. The molecule has 0 heterocycles. The van der Waals surface area contributed by atoms with Crippen LogP contribution in [0.25, 0.3) is 0 Å². The summed E-state index contributed by atoms with van der Waals surface area (Å²) in [6.45, 7) is 6.52. The summed E-state index contributed by atoms with van der Waals surface area (Å²) in [6.07, 6.45) is 88.2. The van der Waals surface area contributed by atoms with E-state index in [0.717, 1.165) is 109 Å². The summed E-state index contributed by atoms with van der Waals surface area (Å²) in [6, 6.07) is 0. The van der Waals surface area contributed by atoms with Crippen molar-refractivity contribution in [2.75, 3.05) is 13.2 Å². The van der Waals surface area contributed by atoms with Crippen LogP contribution in [-0.4, -0.2) is 37.2 Å². The average Bonchev–Trinajstić information content (AvgIpc) is 3.45. The Labute approximate surface area is 491 Å². The lowest BCUT2D eigenvalue weighted by molar-refractivity contribution is -0.167. The van der Waals surface area contributed by atoms with Gasteiger partial charge in [-0.2, -0.15) is 0 Å². The van der Waals surface area contributed by atoms with Crippen molar-refractivity contribution in [3.63, 3.8) is 0 Å². The second-order valence-corrected chi connectivity index (χ2v) is 23.1. The molecule has 0 saturated carbocycles. The smallest absolute Gasteiger partial charge is 0.306 e. The molecule has 0 aromatic carbocycles. The fourth-order valence-electron chi connectivity index (χ4n) is 10.1. The van der Waals surface area contributed by atoms with Crippen molar-refractivity contribution in [1.29, 1.82) is 0 Å². The molecule has 0 aliphatic carbocycles. The lowest BCUT2D eigenvalue weighted by Gasteiger charge is -2.18. The van der Waals surface area contributed by atoms with E-state index in [2.05, 4.69) is 93.7 Å². The molecular weight excluding hydrogens is 973 g/mol. The summed E-state index contributed by atoms with van der Waals surface area (Å²) in [5.74, 6) is -0.883. The van der Waals surface area contributed by atoms with Crippen molar-refractivity contribution in [2.24, 2.45) is 0 Å². The molecule has 6 heteroatoms. The second kappa shape index (κ2) is 67.4. The quantitative estimate of drug-likeness (QED) is 0.0261. The molecule has 0 radical (unpaired) electrons. The van der Waals surface area contributed by atoms with Gasteiger partial charge in [-0.25, -0.2) is 0 Å². The third-order valence-corrected chi connectivity index (χ3v) is 15.2. The topological polar surface area (TPSA) is 78.9 Å². The minimum Gasteiger partial charge on any atom is -0.462 e. The SMILES string of the molecule is CC/C=C\C/C=C\C/C=C\C/C=C\C/C=C\C/C=C\CCCCCCCCC(=O)OC(COC(=O)CCCCCCCCC)COC(=O)CCCCCCCCCCCCCCCCCCCCCCCCCCCCCCC. The van der Waals surface area contributed by atoms with Crippen molar-refractivity contribution >= 4 is 17.9 Å². The maximum absolute atomic E-state index is 12.9. The van der Waals surface area contributed by atoms with E-state index in [1.807, 2.05) is 0 Å². The molecule has 0 saturated heterocycles. The van der Waals surface area contributed by atoms with E-state index in [1.165, 1.54) is 205 Å². The van der Waals surface area contributed by atoms with Crippen molar-refractivity contribution in [3.8, 4) is 0 Å². The Hall–Kier alpha value is -3.15. The van der Waals surface area contributed by atoms with Gasteiger partial charge in [0.1, 0.15) is 13.2 Å². The van der Waals surface area contributed by atoms with E-state index in [1.54, 1.807) is 0 Å². The molecule has 458 valence electrons. The normalized spacial score (nSPS) is 12.5. The van der Waals surface area contributed by atoms with Gasteiger partial charge in [0.2, 0.25) is 0 Å². The van der Waals surface area contributed by atoms with E-state index in [0.29, 0.717) is 19.3 Å². The molecule has 0 rings (SSSR count). The van der Waals surface area contributed by atoms with Gasteiger partial charge in [0, 0.05) is 19.3 Å². The van der Waals surface area contributed by atoms with E-state index in [-0.39, 0.29) is 31.1 Å². The van der Waals surface area contributed by atoms with Gasteiger partial charge in [0.25, 0.3) is 0 Å². The predicted octanol–water partition coefficient (Wildman–Crippen LogP) is 23.7. The Kier molecular flexibility index (Phi) is 64.7. The maximum atomic E-state index is 12.9. The molecule has 0 amide bonds. The molecule has 0 aromatic rings. The molecule has 0 spiro atoms. The molecule has 0 N–H and O–H groups in total. The van der Waals surface area contributed by atoms with Gasteiger partial charge < -0.3 is 14.2 Å². The third kappa shape index (κ3) is 65.5. The van der Waals surface area contributed by atoms with E-state index in [9.17, 15) is 14.4 Å². The van der Waals surface area contributed by atoms with Gasteiger partial charge in [-0.3, -0.25) is 14.4 Å². The van der Waals surface area contributed by atoms with Crippen LogP contribution in [0.15, 0.2) is 72.9 Å². The van der Waals surface area contributed by atoms with Crippen LogP contribution in [0.1, 0.15) is 355 Å². The number of hydrogen-bond donors (Lipinski definition) is 0. The largest absolute Gasteiger partial charge is 0.462 e. The summed E-state index contributed by atoms with van der Waals surface area (Å²) in [4.78, 5) is 38.1. The van der Waals surface area contributed by atoms with Crippen LogP contribution in [0.4, 0.5) is 0 Å². The third-order valence-electron chi connectivity index (χ3n) is 15.2. The number of allylic oxidation sites excluding steroid dienone is 12. The minimum absolute atomic E-state index is 0.0778. The highest BCUT2D eigenvalue weighted by Crippen LogP contribution is 2.18. The zero-order valence-corrected chi connectivity index (χ0v) is 52.6. The Morgan fingerprint density at radius 2 is 0.494 bits per heavy atom. The minimum atomic E-state index is -0.781. The highest BCUT2D eigenvalue weighted by Gasteiger charge is 2.19. The van der Waals surface area contributed by atoms with Crippen LogP contribution in [0, 0.1) is 0 Å². The number of carbonyl (C=O) groups excluding carboxylic acids is 3. The first-order valence-corrected chi connectivity index (χ1v) is 34.4. The highest BCUT2D eigenvalue weighted by atomic mass is 16.6. The van der Waals surface area contributed by atoms with Crippen LogP contribution < -0.4 is 0 Å². The summed E-state index contributed by atoms with van der Waals surface area (Å²) in [5, 5.41) is 0. The van der Waals surface area contributed by atoms with Crippen LogP contribution in [0.2, 0.25) is 0 Å². The first-order valence-electron chi connectivity index (χ1n) is 34.4. The maximum Gasteiger partial charge on any atom is 0.306 e. The van der Waals surface area contributed by atoms with Gasteiger partial charge in [0.15, 0.2) is 6.10 Å². The van der Waals surface area contributed by atoms with Gasteiger partial charge in [-0.15, -0.1) is 0 Å². The summed E-state index contributed by atoms with van der Waals surface area (Å²) in [7, 11) is 0. The molecule has 0 aromatic heterocycles. The van der Waals surface area contributed by atoms with Gasteiger partial charge in [-0.1, -0.05) is 338 Å². The monoisotopic (exact) mass is 1100 g/mol. The van der Waals surface area contributed by atoms with Gasteiger partial charge >= 0.3 is 17.9 Å². The van der Waals surface area contributed by atoms with Crippen LogP contribution in [-0.2, 0) is 28.6 Å². The zero-order chi connectivity index (χ0) is 57.1. The van der Waals surface area contributed by atoms with Crippen molar-refractivity contribution in [3.05, 3.63) is 72.9 Å². The fourth-order valence-corrected chi connectivity index (χ4v) is 10.1. The predicted molar refractivity (Wildman–Crippen MR) is 344 cm³/mol. The number of carbonyl (C=O) groups is 3. The molecule has 6 nitrogen and oxygen atoms in total. The van der Waals surface area contributed by atoms with E-state index >= 15 is 0 Å². The molecule has 1 unspecified atom stereocenters. The Balaban J connectivity index is 4.08. The van der Waals surface area contributed by atoms with Crippen molar-refractivity contribution in [2.45, 2.75) is 361 Å². The van der Waals surface area contributed by atoms with Gasteiger partial charge in [0.05, 0.1) is 0 Å². The number of unbranched alkanes of at least 4 members (excludes halogenated alkanes) is 40. The molecule has 0 bridgehead atoms. The first-order chi connectivity index (χ1) is 39.0. The molecule has 0 aliphatic heterocycles. The Bertz CT molecular complexity index is 1450. The van der Waals surface area contributed by atoms with Crippen LogP contribution >= 0.6 is 0 Å². The van der Waals surface area contributed by atoms with Crippen molar-refractivity contribution in [1.82, 2.24) is 0 Å². The lowest BCUT2D eigenvalue weighted by Crippen LogP contribution is -2.30. The summed E-state index contributed by atoms with van der Waals surface area (Å²) < 4.78 is 16.9. The molecule has 0 fully saturated rings. The number of hydrogen-bond acceptors (Lipinski definition) is 6. The zero-order valence-electron chi connectivity index (χ0n) is 52.6. The van der Waals surface area contributed by atoms with Gasteiger partial charge in [-0.05, 0) is 70.6 Å². The van der Waals surface area contributed by atoms with E-state index < -0.39 is 6.10 Å². The Morgan fingerprint density at radius 3 is 0.772 bits per heavy atom. The lowest BCUT2D eigenvalue weighted by atomic mass is 10.0. The van der Waals surface area contributed by atoms with Crippen molar-refractivity contribution < 1.29 is 28.6 Å². The average molecular weight is 1100 g/mol. The van der Waals surface area contributed by atoms with Crippen LogP contribution in [0.5, 0.6) is 0 Å². The Morgan fingerprint density at radius 1 is 0.266 bits per heavy atom. The second-order valence-electron chi connectivity index (χ2n) is 23.1. The first kappa shape index (κ1) is 75.8. The molecule has 0 aliphatic rings. The number of ether oxygens (including phenoxy) is 3. The standard InChI is InChI=1S/C73H130O6/c1-4-7-10-13-16-18-20-22-24-26-28-30-32-34-35-36-37-39-40-42-44-46-48-50-52-54-57-60-63-66-72(75)78-69-70(68-77-71(74)65-62-59-56-15-12-9-6-3)79-73(76)67-64-61-58-55-53-51-49-47-45-43-41-38-33-31-29-27-25-23-21-19-17-14-11-8-5-2/h8,11,17,19,23,25,29,31,38,41,45,47,70H,4-7,9-10,12-16,18,20-22,24,26-28,30,32-37,39-40,42-44,46,48-69H2,1-3H3/b11-8-,19-17-,25-23-,31-29-,41-38-,47-45-. The van der Waals surface area contributed by atoms with E-state index in [4.69, 9.17) is 14.2 Å². The summed E-state index contributed by atoms with van der Waals surface area (Å²) in [5.41, 5.74) is 0. The number of rotatable bonds is 63. The highest BCUT2D eigenvalue weighted by molar-refractivity contribution is 5.71.